The third-order valence-corrected chi connectivity index (χ3v) is 4.93. The van der Waals surface area contributed by atoms with Crippen molar-refractivity contribution in [3.05, 3.63) is 84.3 Å². The van der Waals surface area contributed by atoms with Crippen LogP contribution in [0.25, 0.3) is 6.08 Å². The minimum absolute atomic E-state index is 0.189. The third-order valence-electron chi connectivity index (χ3n) is 3.55. The fourth-order valence-electron chi connectivity index (χ4n) is 2.21. The molecule has 0 atom stereocenters. The Balaban J connectivity index is 1.65. The highest BCUT2D eigenvalue weighted by molar-refractivity contribution is 7.92. The molecule has 28 heavy (non-hydrogen) atoms. The first kappa shape index (κ1) is 19.3. The van der Waals surface area contributed by atoms with Gasteiger partial charge in [0, 0.05) is 17.5 Å². The van der Waals surface area contributed by atoms with Crippen LogP contribution >= 0.6 is 0 Å². The van der Waals surface area contributed by atoms with E-state index in [1.165, 1.54) is 42.7 Å². The van der Waals surface area contributed by atoms with Crippen LogP contribution in [-0.2, 0) is 14.8 Å². The third kappa shape index (κ3) is 4.83. The molecule has 144 valence electrons. The van der Waals surface area contributed by atoms with E-state index >= 15 is 0 Å². The van der Waals surface area contributed by atoms with Gasteiger partial charge in [0.05, 0.1) is 11.2 Å². The molecule has 9 heteroatoms. The lowest BCUT2D eigenvalue weighted by Gasteiger charge is -2.09. The minimum Gasteiger partial charge on any atom is -0.465 e. The molecule has 0 unspecified atom stereocenters. The van der Waals surface area contributed by atoms with E-state index in [9.17, 15) is 22.0 Å². The lowest BCUT2D eigenvalue weighted by Crippen LogP contribution is -2.13. The van der Waals surface area contributed by atoms with Crippen molar-refractivity contribution in [1.82, 2.24) is 0 Å². The number of halogens is 2. The van der Waals surface area contributed by atoms with Crippen molar-refractivity contribution in [2.45, 2.75) is 4.90 Å². The van der Waals surface area contributed by atoms with E-state index < -0.39 is 32.5 Å². The van der Waals surface area contributed by atoms with Crippen molar-refractivity contribution in [2.24, 2.45) is 0 Å². The number of sulfonamides is 1. The second kappa shape index (κ2) is 8.05. The van der Waals surface area contributed by atoms with E-state index in [1.807, 2.05) is 0 Å². The Bertz CT molecular complexity index is 1110. The number of nitrogens with one attached hydrogen (secondary N) is 2. The van der Waals surface area contributed by atoms with E-state index in [4.69, 9.17) is 4.42 Å². The largest absolute Gasteiger partial charge is 0.465 e. The standard InChI is InChI=1S/C19H14F2N2O4S/c20-17-9-8-16(12-18(17)21)28(25,26)23-14-5-3-13(4-6-14)22-19(24)10-7-15-2-1-11-27-15/h1-12,23H,(H,22,24)/b10-7+. The first-order valence-electron chi connectivity index (χ1n) is 7.94. The highest BCUT2D eigenvalue weighted by atomic mass is 32.2. The van der Waals surface area contributed by atoms with Crippen LogP contribution in [0, 0.1) is 11.6 Å². The molecule has 0 aliphatic rings. The molecule has 0 saturated carbocycles. The van der Waals surface area contributed by atoms with Crippen LogP contribution in [0.4, 0.5) is 20.2 Å². The Kier molecular flexibility index (Phi) is 5.55. The summed E-state index contributed by atoms with van der Waals surface area (Å²) >= 11 is 0. The van der Waals surface area contributed by atoms with E-state index in [-0.39, 0.29) is 5.69 Å². The molecule has 0 fully saturated rings. The maximum Gasteiger partial charge on any atom is 0.261 e. The van der Waals surface area contributed by atoms with Crippen molar-refractivity contribution in [3.63, 3.8) is 0 Å². The minimum atomic E-state index is -4.09. The van der Waals surface area contributed by atoms with Gasteiger partial charge in [0.1, 0.15) is 5.76 Å². The Morgan fingerprint density at radius 1 is 0.964 bits per heavy atom. The average molecular weight is 404 g/mol. The summed E-state index contributed by atoms with van der Waals surface area (Å²) in [5.41, 5.74) is 0.624. The first-order valence-corrected chi connectivity index (χ1v) is 9.42. The summed E-state index contributed by atoms with van der Waals surface area (Å²) in [5, 5.41) is 2.60. The summed E-state index contributed by atoms with van der Waals surface area (Å²) in [6.07, 6.45) is 4.27. The smallest absolute Gasteiger partial charge is 0.261 e. The first-order chi connectivity index (χ1) is 13.3. The fourth-order valence-corrected chi connectivity index (χ4v) is 3.28. The van der Waals surface area contributed by atoms with Gasteiger partial charge in [-0.25, -0.2) is 17.2 Å². The monoisotopic (exact) mass is 404 g/mol. The van der Waals surface area contributed by atoms with E-state index in [0.29, 0.717) is 17.5 Å². The van der Waals surface area contributed by atoms with Crippen LogP contribution in [-0.4, -0.2) is 14.3 Å². The van der Waals surface area contributed by atoms with Crippen LogP contribution in [0.1, 0.15) is 5.76 Å². The van der Waals surface area contributed by atoms with Gasteiger partial charge in [-0.05, 0) is 60.7 Å². The highest BCUT2D eigenvalue weighted by Crippen LogP contribution is 2.20. The molecule has 0 aliphatic heterocycles. The van der Waals surface area contributed by atoms with Crippen LogP contribution in [0.5, 0.6) is 0 Å². The quantitative estimate of drug-likeness (QED) is 0.608. The van der Waals surface area contributed by atoms with Crippen LogP contribution in [0.15, 0.2) is 76.2 Å². The molecule has 1 amide bonds. The van der Waals surface area contributed by atoms with E-state index in [2.05, 4.69) is 10.0 Å². The summed E-state index contributed by atoms with van der Waals surface area (Å²) in [6.45, 7) is 0. The summed E-state index contributed by atoms with van der Waals surface area (Å²) in [7, 11) is -4.09. The Hall–Kier alpha value is -3.46. The van der Waals surface area contributed by atoms with Gasteiger partial charge in [-0.2, -0.15) is 0 Å². The molecule has 1 aromatic heterocycles. The van der Waals surface area contributed by atoms with Crippen LogP contribution in [0.2, 0.25) is 0 Å². The van der Waals surface area contributed by atoms with Crippen molar-refractivity contribution in [1.29, 1.82) is 0 Å². The van der Waals surface area contributed by atoms with Gasteiger partial charge in [-0.15, -0.1) is 0 Å². The SMILES string of the molecule is O=C(/C=C/c1ccco1)Nc1ccc(NS(=O)(=O)c2ccc(F)c(F)c2)cc1. The lowest BCUT2D eigenvalue weighted by molar-refractivity contribution is -0.111. The number of hydrogen-bond acceptors (Lipinski definition) is 4. The molecule has 2 aromatic carbocycles. The van der Waals surface area contributed by atoms with Crippen molar-refractivity contribution >= 4 is 33.4 Å². The number of furan rings is 1. The summed E-state index contributed by atoms with van der Waals surface area (Å²) in [6, 6.07) is 11.5. The number of rotatable bonds is 6. The molecule has 3 rings (SSSR count). The molecular weight excluding hydrogens is 390 g/mol. The second-order valence-corrected chi connectivity index (χ2v) is 7.28. The zero-order chi connectivity index (χ0) is 20.1. The van der Waals surface area contributed by atoms with Gasteiger partial charge in [0.25, 0.3) is 10.0 Å². The zero-order valence-electron chi connectivity index (χ0n) is 14.2. The maximum absolute atomic E-state index is 13.3. The molecule has 6 nitrogen and oxygen atoms in total. The second-order valence-electron chi connectivity index (χ2n) is 5.60. The summed E-state index contributed by atoms with van der Waals surface area (Å²) < 4.78 is 58.0. The summed E-state index contributed by atoms with van der Waals surface area (Å²) in [5.74, 6) is -2.27. The van der Waals surface area contributed by atoms with Gasteiger partial charge in [-0.3, -0.25) is 9.52 Å². The normalized spacial score (nSPS) is 11.5. The average Bonchev–Trinajstić information content (AvgIpc) is 3.17. The molecule has 0 bridgehead atoms. The molecule has 1 heterocycles. The predicted molar refractivity (Wildman–Crippen MR) is 100.0 cm³/mol. The van der Waals surface area contributed by atoms with Gasteiger partial charge >= 0.3 is 0 Å². The molecule has 0 spiro atoms. The van der Waals surface area contributed by atoms with Crippen molar-refractivity contribution in [2.75, 3.05) is 10.0 Å². The van der Waals surface area contributed by atoms with Gasteiger partial charge in [-0.1, -0.05) is 0 Å². The van der Waals surface area contributed by atoms with Crippen molar-refractivity contribution < 1.29 is 26.4 Å². The van der Waals surface area contributed by atoms with E-state index in [1.54, 1.807) is 12.1 Å². The molecule has 3 aromatic rings. The number of carbonyl (C=O) groups is 1. The van der Waals surface area contributed by atoms with E-state index in [0.717, 1.165) is 12.1 Å². The maximum atomic E-state index is 13.3. The fraction of sp³-hybridized carbons (Fsp3) is 0. The zero-order valence-corrected chi connectivity index (χ0v) is 15.0. The molecular formula is C19H14F2N2O4S. The number of hydrogen-bond donors (Lipinski definition) is 2. The lowest BCUT2D eigenvalue weighted by atomic mass is 10.3. The van der Waals surface area contributed by atoms with Gasteiger partial charge in [0.15, 0.2) is 11.6 Å². The molecule has 0 radical (unpaired) electrons. The van der Waals surface area contributed by atoms with Crippen LogP contribution < -0.4 is 10.0 Å². The highest BCUT2D eigenvalue weighted by Gasteiger charge is 2.16. The van der Waals surface area contributed by atoms with Gasteiger partial charge < -0.3 is 9.73 Å². The Morgan fingerprint density at radius 3 is 2.32 bits per heavy atom. The Morgan fingerprint density at radius 2 is 1.68 bits per heavy atom. The van der Waals surface area contributed by atoms with Gasteiger partial charge in [0.2, 0.25) is 5.91 Å². The van der Waals surface area contributed by atoms with Crippen molar-refractivity contribution in [3.8, 4) is 0 Å². The molecule has 0 aliphatic carbocycles. The number of benzene rings is 2. The Labute approximate surface area is 159 Å². The molecule has 2 N–H and O–H groups in total. The number of carbonyl (C=O) groups excluding carboxylic acids is 1. The topological polar surface area (TPSA) is 88.4 Å². The molecule has 0 saturated heterocycles. The number of anilines is 2. The predicted octanol–water partition coefficient (Wildman–Crippen LogP) is 4.01. The summed E-state index contributed by atoms with van der Waals surface area (Å²) in [4.78, 5) is 11.4. The van der Waals surface area contributed by atoms with Crippen LogP contribution in [0.3, 0.4) is 0 Å². The number of amides is 1.